The van der Waals surface area contributed by atoms with Crippen LogP contribution in [-0.2, 0) is 6.54 Å². The molecule has 0 atom stereocenters. The highest BCUT2D eigenvalue weighted by Crippen LogP contribution is 2.43. The Morgan fingerprint density at radius 1 is 0.871 bits per heavy atom. The molecule has 2 N–H and O–H groups in total. The van der Waals surface area contributed by atoms with Crippen LogP contribution >= 0.6 is 0 Å². The van der Waals surface area contributed by atoms with E-state index in [1.54, 1.807) is 22.9 Å². The number of nitrogens with zero attached hydrogens (tertiary/aromatic N) is 2. The van der Waals surface area contributed by atoms with Crippen LogP contribution in [-0.4, -0.2) is 19.8 Å². The summed E-state index contributed by atoms with van der Waals surface area (Å²) < 4.78 is 14.9. The number of halogens is 1. The monoisotopic (exact) mass is 410 g/mol. The molecule has 4 nitrogen and oxygen atoms in total. The van der Waals surface area contributed by atoms with Gasteiger partial charge in [-0.05, 0) is 34.9 Å². The molecule has 0 spiro atoms. The average molecular weight is 410 g/mol. The highest BCUT2D eigenvalue weighted by molar-refractivity contribution is 6.13. The molecule has 0 aliphatic carbocycles. The number of aromatic nitrogens is 2. The summed E-state index contributed by atoms with van der Waals surface area (Å²) in [6.45, 7) is 0.339. The summed E-state index contributed by atoms with van der Waals surface area (Å²) in [5.41, 5.74) is 3.15. The van der Waals surface area contributed by atoms with Crippen molar-refractivity contribution in [3.05, 3.63) is 102 Å². The number of fused-ring (bicyclic) bond motifs is 2. The Labute approximate surface area is 178 Å². The van der Waals surface area contributed by atoms with Crippen LogP contribution < -0.4 is 0 Å². The first-order valence-corrected chi connectivity index (χ1v) is 9.91. The summed E-state index contributed by atoms with van der Waals surface area (Å²) in [6.07, 6.45) is 7.39. The fourth-order valence-electron chi connectivity index (χ4n) is 3.89. The van der Waals surface area contributed by atoms with E-state index in [0.717, 1.165) is 22.1 Å². The summed E-state index contributed by atoms with van der Waals surface area (Å²) in [4.78, 5) is 4.34. The van der Waals surface area contributed by atoms with Gasteiger partial charge in [-0.1, -0.05) is 60.7 Å². The fourth-order valence-corrected chi connectivity index (χ4v) is 3.89. The van der Waals surface area contributed by atoms with Crippen molar-refractivity contribution < 1.29 is 14.6 Å². The molecule has 31 heavy (non-hydrogen) atoms. The molecule has 0 bridgehead atoms. The van der Waals surface area contributed by atoms with Crippen molar-refractivity contribution in [2.24, 2.45) is 0 Å². The first-order valence-electron chi connectivity index (χ1n) is 9.91. The summed E-state index contributed by atoms with van der Waals surface area (Å²) in [5, 5.41) is 23.7. The summed E-state index contributed by atoms with van der Waals surface area (Å²) in [5.74, 6) is -0.425. The number of pyridine rings is 1. The average Bonchev–Trinajstić information content (AvgIpc) is 3.12. The Balaban J connectivity index is 1.72. The summed E-state index contributed by atoms with van der Waals surface area (Å²) in [6, 6.07) is 19.8. The standard InChI is InChI=1S/C26H19FN2O2/c27-19-11-8-18(9-12-19)15-29-16-22-20(13-10-17-5-2-1-3-6-17)21-7-4-14-28-24(21)25(30)23(22)26(29)31/h1-14,16,30-31H,15H2. The van der Waals surface area contributed by atoms with Crippen molar-refractivity contribution in [2.45, 2.75) is 6.54 Å². The lowest BCUT2D eigenvalue weighted by molar-refractivity contribution is 0.425. The molecule has 0 unspecified atom stereocenters. The highest BCUT2D eigenvalue weighted by Gasteiger charge is 2.20. The molecule has 0 aliphatic rings. The maximum atomic E-state index is 13.3. The minimum absolute atomic E-state index is 0.0567. The lowest BCUT2D eigenvalue weighted by Gasteiger charge is -2.07. The van der Waals surface area contributed by atoms with Gasteiger partial charge in [0.05, 0.1) is 11.9 Å². The number of rotatable bonds is 4. The molecule has 0 aliphatic heterocycles. The number of hydrogen-bond acceptors (Lipinski definition) is 3. The van der Waals surface area contributed by atoms with Gasteiger partial charge in [0.1, 0.15) is 11.3 Å². The number of phenolic OH excluding ortho intramolecular Hbond substituents is 1. The molecular formula is C26H19FN2O2. The quantitative estimate of drug-likeness (QED) is 0.360. The van der Waals surface area contributed by atoms with Gasteiger partial charge in [-0.15, -0.1) is 0 Å². The second kappa shape index (κ2) is 7.61. The predicted molar refractivity (Wildman–Crippen MR) is 121 cm³/mol. The van der Waals surface area contributed by atoms with E-state index in [4.69, 9.17) is 0 Å². The molecule has 0 saturated heterocycles. The van der Waals surface area contributed by atoms with Gasteiger partial charge < -0.3 is 14.8 Å². The molecule has 2 aromatic heterocycles. The van der Waals surface area contributed by atoms with Gasteiger partial charge in [0.15, 0.2) is 5.75 Å². The third-order valence-corrected chi connectivity index (χ3v) is 5.41. The van der Waals surface area contributed by atoms with Crippen LogP contribution in [0.2, 0.25) is 0 Å². The molecule has 152 valence electrons. The zero-order valence-corrected chi connectivity index (χ0v) is 16.5. The van der Waals surface area contributed by atoms with Crippen molar-refractivity contribution >= 4 is 33.8 Å². The maximum Gasteiger partial charge on any atom is 0.203 e. The molecule has 5 rings (SSSR count). The summed E-state index contributed by atoms with van der Waals surface area (Å²) in [7, 11) is 0. The molecule has 0 saturated carbocycles. The van der Waals surface area contributed by atoms with Crippen LogP contribution in [0.25, 0.3) is 33.8 Å². The molecule has 0 amide bonds. The first kappa shape index (κ1) is 18.9. The minimum atomic E-state index is -0.311. The normalized spacial score (nSPS) is 11.6. The van der Waals surface area contributed by atoms with Crippen LogP contribution in [0, 0.1) is 5.82 Å². The number of aromatic hydroxyl groups is 2. The maximum absolute atomic E-state index is 13.3. The van der Waals surface area contributed by atoms with Gasteiger partial charge in [0, 0.05) is 23.2 Å². The van der Waals surface area contributed by atoms with Crippen LogP contribution in [0.3, 0.4) is 0 Å². The van der Waals surface area contributed by atoms with Crippen molar-refractivity contribution in [1.29, 1.82) is 0 Å². The summed E-state index contributed by atoms with van der Waals surface area (Å²) >= 11 is 0. The van der Waals surface area contributed by atoms with Gasteiger partial charge in [-0.25, -0.2) is 4.39 Å². The third-order valence-electron chi connectivity index (χ3n) is 5.41. The Morgan fingerprint density at radius 2 is 1.65 bits per heavy atom. The van der Waals surface area contributed by atoms with Crippen LogP contribution in [0.15, 0.2) is 79.1 Å². The van der Waals surface area contributed by atoms with E-state index >= 15 is 0 Å². The number of benzene rings is 3. The van der Waals surface area contributed by atoms with Gasteiger partial charge in [-0.3, -0.25) is 4.98 Å². The van der Waals surface area contributed by atoms with Gasteiger partial charge in [0.2, 0.25) is 5.88 Å². The van der Waals surface area contributed by atoms with E-state index in [1.807, 2.05) is 60.8 Å². The van der Waals surface area contributed by atoms with E-state index in [9.17, 15) is 14.6 Å². The molecule has 2 heterocycles. The number of hydrogen-bond donors (Lipinski definition) is 2. The minimum Gasteiger partial charge on any atom is -0.505 e. The Kier molecular flexibility index (Phi) is 4.64. The lowest BCUT2D eigenvalue weighted by atomic mass is 10.00. The van der Waals surface area contributed by atoms with Gasteiger partial charge in [0.25, 0.3) is 0 Å². The van der Waals surface area contributed by atoms with Crippen LogP contribution in [0.1, 0.15) is 16.7 Å². The molecule has 0 radical (unpaired) electrons. The van der Waals surface area contributed by atoms with Crippen molar-refractivity contribution in [2.75, 3.05) is 0 Å². The highest BCUT2D eigenvalue weighted by atomic mass is 19.1. The van der Waals surface area contributed by atoms with E-state index in [0.29, 0.717) is 22.8 Å². The molecule has 5 heteroatoms. The van der Waals surface area contributed by atoms with E-state index in [1.165, 1.54) is 12.1 Å². The molecular weight excluding hydrogens is 391 g/mol. The largest absolute Gasteiger partial charge is 0.505 e. The topological polar surface area (TPSA) is 58.3 Å². The fraction of sp³-hybridized carbons (Fsp3) is 0.0385. The first-order chi connectivity index (χ1) is 15.1. The van der Waals surface area contributed by atoms with Crippen LogP contribution in [0.5, 0.6) is 11.6 Å². The van der Waals surface area contributed by atoms with Gasteiger partial charge >= 0.3 is 0 Å². The third kappa shape index (κ3) is 3.40. The SMILES string of the molecule is Oc1c2ncccc2c(C=Cc2ccccc2)c2cn(Cc3ccc(F)cc3)c(O)c12. The Hall–Kier alpha value is -4.12. The molecule has 5 aromatic rings. The van der Waals surface area contributed by atoms with Crippen molar-refractivity contribution in [3.63, 3.8) is 0 Å². The zero-order valence-electron chi connectivity index (χ0n) is 16.5. The predicted octanol–water partition coefficient (Wildman–Crippen LogP) is 5.96. The zero-order chi connectivity index (χ0) is 21.4. The smallest absolute Gasteiger partial charge is 0.203 e. The second-order valence-corrected chi connectivity index (χ2v) is 7.40. The van der Waals surface area contributed by atoms with Crippen molar-refractivity contribution in [3.8, 4) is 11.6 Å². The Morgan fingerprint density at radius 3 is 2.42 bits per heavy atom. The Bertz CT molecular complexity index is 1420. The number of phenols is 1. The van der Waals surface area contributed by atoms with Crippen LogP contribution in [0.4, 0.5) is 4.39 Å². The van der Waals surface area contributed by atoms with E-state index in [-0.39, 0.29) is 17.4 Å². The van der Waals surface area contributed by atoms with E-state index in [2.05, 4.69) is 4.98 Å². The second-order valence-electron chi connectivity index (χ2n) is 7.40. The van der Waals surface area contributed by atoms with E-state index < -0.39 is 0 Å². The molecule has 3 aromatic carbocycles. The molecule has 0 fully saturated rings. The lowest BCUT2D eigenvalue weighted by Crippen LogP contribution is -1.97. The van der Waals surface area contributed by atoms with Gasteiger partial charge in [-0.2, -0.15) is 0 Å². The van der Waals surface area contributed by atoms with Crippen molar-refractivity contribution in [1.82, 2.24) is 9.55 Å².